The van der Waals surface area contributed by atoms with Crippen LogP contribution in [0.3, 0.4) is 0 Å². The zero-order valence-corrected chi connectivity index (χ0v) is 11.7. The van der Waals surface area contributed by atoms with Gasteiger partial charge in [-0.15, -0.1) is 0 Å². The molecule has 0 fully saturated rings. The number of nitrogens with zero attached hydrogens (tertiary/aromatic N) is 2. The van der Waals surface area contributed by atoms with Gasteiger partial charge in [-0.3, -0.25) is 4.79 Å². The summed E-state index contributed by atoms with van der Waals surface area (Å²) in [5, 5.41) is 17.0. The molecular formula is C16H14N4O2. The van der Waals surface area contributed by atoms with Crippen molar-refractivity contribution < 1.29 is 9.90 Å². The number of carbonyl (C=O) groups excluding carboxylic acids is 1. The average molecular weight is 294 g/mol. The number of amides is 1. The molecule has 3 aromatic rings. The minimum atomic E-state index is -0.265. The van der Waals surface area contributed by atoms with Gasteiger partial charge < -0.3 is 15.0 Å². The van der Waals surface area contributed by atoms with Gasteiger partial charge in [0.2, 0.25) is 11.8 Å². The predicted octanol–water partition coefficient (Wildman–Crippen LogP) is 3.65. The first-order chi connectivity index (χ1) is 10.7. The molecule has 3 rings (SSSR count). The lowest BCUT2D eigenvalue weighted by Crippen LogP contribution is -2.18. The Morgan fingerprint density at radius 2 is 1.82 bits per heavy atom. The quantitative estimate of drug-likeness (QED) is 0.641. The number of hydrogen-bond donors (Lipinski definition) is 3. The third-order valence-corrected chi connectivity index (χ3v) is 3.39. The molecule has 1 amide bonds. The van der Waals surface area contributed by atoms with Gasteiger partial charge in [-0.05, 0) is 18.2 Å². The maximum Gasteiger partial charge on any atom is 0.244 e. The lowest BCUT2D eigenvalue weighted by atomic mass is 10.2. The van der Waals surface area contributed by atoms with E-state index in [1.54, 1.807) is 36.4 Å². The topological polar surface area (TPSA) is 90.5 Å². The number of fused-ring (bicyclic) bond motifs is 1. The fourth-order valence-corrected chi connectivity index (χ4v) is 2.41. The van der Waals surface area contributed by atoms with Crippen LogP contribution in [0.5, 0.6) is 5.88 Å². The Morgan fingerprint density at radius 1 is 1.14 bits per heavy atom. The van der Waals surface area contributed by atoms with E-state index < -0.39 is 0 Å². The smallest absolute Gasteiger partial charge is 0.244 e. The Labute approximate surface area is 126 Å². The van der Waals surface area contributed by atoms with Crippen LogP contribution in [0.15, 0.2) is 59.7 Å². The van der Waals surface area contributed by atoms with Gasteiger partial charge in [-0.25, -0.2) is 5.53 Å². The number of hydrogen-bond acceptors (Lipinski definition) is 4. The van der Waals surface area contributed by atoms with E-state index in [0.717, 1.165) is 0 Å². The maximum atomic E-state index is 12.2. The van der Waals surface area contributed by atoms with Crippen molar-refractivity contribution >= 4 is 28.2 Å². The molecule has 3 N–H and O–H groups in total. The molecule has 0 unspecified atom stereocenters. The van der Waals surface area contributed by atoms with E-state index in [1.807, 2.05) is 18.2 Å². The van der Waals surface area contributed by atoms with Gasteiger partial charge in [0.15, 0.2) is 5.69 Å². The average Bonchev–Trinajstić information content (AvgIpc) is 2.80. The van der Waals surface area contributed by atoms with E-state index in [4.69, 9.17) is 5.53 Å². The molecule has 0 saturated heterocycles. The minimum Gasteiger partial charge on any atom is -0.493 e. The normalized spacial score (nSPS) is 10.5. The summed E-state index contributed by atoms with van der Waals surface area (Å²) in [6, 6.07) is 16.2. The fraction of sp³-hybridized carbons (Fsp3) is 0.0625. The van der Waals surface area contributed by atoms with Crippen LogP contribution in [0.25, 0.3) is 10.9 Å². The van der Waals surface area contributed by atoms with Gasteiger partial charge in [0.1, 0.15) is 6.54 Å². The second-order valence-electron chi connectivity index (χ2n) is 4.80. The van der Waals surface area contributed by atoms with E-state index in [-0.39, 0.29) is 24.0 Å². The molecule has 0 aliphatic rings. The summed E-state index contributed by atoms with van der Waals surface area (Å²) in [6.45, 7) is -0.0588. The molecule has 0 radical (unpaired) electrons. The Morgan fingerprint density at radius 3 is 2.55 bits per heavy atom. The number of rotatable bonds is 4. The Kier molecular flexibility index (Phi) is 3.57. The molecule has 0 aliphatic heterocycles. The summed E-state index contributed by atoms with van der Waals surface area (Å²) in [5.41, 5.74) is 8.71. The molecule has 2 aromatic carbocycles. The van der Waals surface area contributed by atoms with E-state index in [1.165, 1.54) is 4.57 Å². The molecule has 6 heteroatoms. The van der Waals surface area contributed by atoms with Crippen molar-refractivity contribution in [3.8, 4) is 5.88 Å². The van der Waals surface area contributed by atoms with Gasteiger partial charge in [0.25, 0.3) is 0 Å². The second kappa shape index (κ2) is 5.69. The van der Waals surface area contributed by atoms with Crippen molar-refractivity contribution in [3.63, 3.8) is 0 Å². The number of aromatic nitrogens is 1. The molecule has 1 aromatic heterocycles. The van der Waals surface area contributed by atoms with Crippen LogP contribution in [0.4, 0.5) is 11.4 Å². The minimum absolute atomic E-state index is 0.0588. The van der Waals surface area contributed by atoms with E-state index in [0.29, 0.717) is 16.6 Å². The SMILES string of the molecule is N=Nc1c(O)n(CC(=O)Nc2ccccc2)c2ccccc12. The van der Waals surface area contributed by atoms with Gasteiger partial charge in [0, 0.05) is 11.1 Å². The standard InChI is InChI=1S/C16H14N4O2/c17-19-15-12-8-4-5-9-13(12)20(16(15)22)10-14(21)18-11-6-2-1-3-7-11/h1-9,17,22H,10H2,(H,18,21). The highest BCUT2D eigenvalue weighted by Gasteiger charge is 2.17. The summed E-state index contributed by atoms with van der Waals surface area (Å²) in [5.74, 6) is -0.446. The van der Waals surface area contributed by atoms with Crippen molar-refractivity contribution in [1.82, 2.24) is 4.57 Å². The summed E-state index contributed by atoms with van der Waals surface area (Å²) in [6.07, 6.45) is 0. The van der Waals surface area contributed by atoms with Crippen LogP contribution in [-0.4, -0.2) is 15.6 Å². The van der Waals surface area contributed by atoms with E-state index >= 15 is 0 Å². The first kappa shape index (κ1) is 13.8. The Bertz CT molecular complexity index is 840. The Balaban J connectivity index is 1.92. The highest BCUT2D eigenvalue weighted by Crippen LogP contribution is 2.38. The van der Waals surface area contributed by atoms with Crippen molar-refractivity contribution in [3.05, 3.63) is 54.6 Å². The predicted molar refractivity (Wildman–Crippen MR) is 83.5 cm³/mol. The molecule has 6 nitrogen and oxygen atoms in total. The monoisotopic (exact) mass is 294 g/mol. The van der Waals surface area contributed by atoms with Gasteiger partial charge in [0.05, 0.1) is 5.52 Å². The summed E-state index contributed by atoms with van der Waals surface area (Å²) in [7, 11) is 0. The van der Waals surface area contributed by atoms with Crippen LogP contribution < -0.4 is 5.32 Å². The van der Waals surface area contributed by atoms with Gasteiger partial charge in [-0.2, -0.15) is 5.11 Å². The number of nitrogens with one attached hydrogen (secondary N) is 2. The van der Waals surface area contributed by atoms with E-state index in [2.05, 4.69) is 10.4 Å². The molecule has 1 heterocycles. The first-order valence-corrected chi connectivity index (χ1v) is 6.73. The van der Waals surface area contributed by atoms with Gasteiger partial charge >= 0.3 is 0 Å². The number of anilines is 1. The molecule has 0 aliphatic carbocycles. The van der Waals surface area contributed by atoms with Crippen LogP contribution in [-0.2, 0) is 11.3 Å². The van der Waals surface area contributed by atoms with Crippen LogP contribution in [0.2, 0.25) is 0 Å². The molecule has 0 saturated carbocycles. The number of aromatic hydroxyl groups is 1. The van der Waals surface area contributed by atoms with E-state index in [9.17, 15) is 9.90 Å². The summed E-state index contributed by atoms with van der Waals surface area (Å²) in [4.78, 5) is 12.2. The van der Waals surface area contributed by atoms with Crippen LogP contribution in [0, 0.1) is 5.53 Å². The van der Waals surface area contributed by atoms with Crippen molar-refractivity contribution in [2.24, 2.45) is 5.11 Å². The van der Waals surface area contributed by atoms with Crippen molar-refractivity contribution in [1.29, 1.82) is 5.53 Å². The fourth-order valence-electron chi connectivity index (χ4n) is 2.41. The zero-order valence-electron chi connectivity index (χ0n) is 11.7. The molecule has 110 valence electrons. The molecule has 0 atom stereocenters. The van der Waals surface area contributed by atoms with Crippen LogP contribution in [0.1, 0.15) is 0 Å². The molecular weight excluding hydrogens is 280 g/mol. The zero-order chi connectivity index (χ0) is 15.5. The first-order valence-electron chi connectivity index (χ1n) is 6.73. The molecule has 22 heavy (non-hydrogen) atoms. The molecule has 0 bridgehead atoms. The van der Waals surface area contributed by atoms with Crippen LogP contribution >= 0.6 is 0 Å². The maximum absolute atomic E-state index is 12.2. The van der Waals surface area contributed by atoms with Crippen molar-refractivity contribution in [2.75, 3.05) is 5.32 Å². The van der Waals surface area contributed by atoms with Gasteiger partial charge in [-0.1, -0.05) is 36.4 Å². The van der Waals surface area contributed by atoms with Crippen molar-refractivity contribution in [2.45, 2.75) is 6.54 Å². The third kappa shape index (κ3) is 2.42. The lowest BCUT2D eigenvalue weighted by Gasteiger charge is -2.08. The molecule has 0 spiro atoms. The lowest BCUT2D eigenvalue weighted by molar-refractivity contribution is -0.116. The Hall–Kier alpha value is -3.15. The second-order valence-corrected chi connectivity index (χ2v) is 4.80. The summed E-state index contributed by atoms with van der Waals surface area (Å²) < 4.78 is 1.45. The third-order valence-electron chi connectivity index (χ3n) is 3.39. The highest BCUT2D eigenvalue weighted by atomic mass is 16.3. The number of para-hydroxylation sites is 2. The largest absolute Gasteiger partial charge is 0.493 e. The summed E-state index contributed by atoms with van der Waals surface area (Å²) >= 11 is 0. The number of benzene rings is 2. The number of carbonyl (C=O) groups is 1. The highest BCUT2D eigenvalue weighted by molar-refractivity contribution is 5.97.